The first-order valence-electron chi connectivity index (χ1n) is 6.19. The van der Waals surface area contributed by atoms with Gasteiger partial charge in [0, 0.05) is 19.6 Å². The number of rotatable bonds is 5. The van der Waals surface area contributed by atoms with E-state index in [1.54, 1.807) is 20.8 Å². The molecule has 0 radical (unpaired) electrons. The summed E-state index contributed by atoms with van der Waals surface area (Å²) in [6.45, 7) is 10.8. The number of nitrogens with one attached hydrogen (secondary N) is 3. The molecular formula is C12H25N3O3. The van der Waals surface area contributed by atoms with Crippen molar-refractivity contribution in [2.75, 3.05) is 19.6 Å². The zero-order chi connectivity index (χ0) is 14.2. The van der Waals surface area contributed by atoms with Gasteiger partial charge in [-0.1, -0.05) is 13.8 Å². The van der Waals surface area contributed by atoms with Crippen molar-refractivity contribution in [2.24, 2.45) is 5.92 Å². The van der Waals surface area contributed by atoms with E-state index in [1.807, 2.05) is 13.8 Å². The fourth-order valence-electron chi connectivity index (χ4n) is 1.01. The van der Waals surface area contributed by atoms with E-state index in [2.05, 4.69) is 16.0 Å². The maximum absolute atomic E-state index is 11.3. The second-order valence-corrected chi connectivity index (χ2v) is 5.46. The summed E-state index contributed by atoms with van der Waals surface area (Å²) in [5.41, 5.74) is -0.508. The molecule has 0 aromatic carbocycles. The highest BCUT2D eigenvalue weighted by molar-refractivity contribution is 5.73. The van der Waals surface area contributed by atoms with Gasteiger partial charge < -0.3 is 20.7 Å². The number of carbonyl (C=O) groups is 2. The van der Waals surface area contributed by atoms with Crippen LogP contribution in [0.4, 0.5) is 9.59 Å². The summed E-state index contributed by atoms with van der Waals surface area (Å²) in [4.78, 5) is 22.5. The lowest BCUT2D eigenvalue weighted by atomic mass is 10.2. The Morgan fingerprint density at radius 1 is 1.06 bits per heavy atom. The van der Waals surface area contributed by atoms with Crippen LogP contribution in [0.3, 0.4) is 0 Å². The zero-order valence-corrected chi connectivity index (χ0v) is 11.9. The lowest BCUT2D eigenvalue weighted by Gasteiger charge is -2.19. The molecule has 0 bridgehead atoms. The van der Waals surface area contributed by atoms with Crippen LogP contribution in [0, 0.1) is 5.92 Å². The predicted octanol–water partition coefficient (Wildman–Crippen LogP) is 1.47. The first kappa shape index (κ1) is 16.5. The summed E-state index contributed by atoms with van der Waals surface area (Å²) in [5, 5.41) is 7.91. The van der Waals surface area contributed by atoms with E-state index in [9.17, 15) is 9.59 Å². The SMILES string of the molecule is CC(C)CNC(=O)NCCNC(=O)OC(C)(C)C. The summed E-state index contributed by atoms with van der Waals surface area (Å²) in [6, 6.07) is -0.227. The Morgan fingerprint density at radius 3 is 2.11 bits per heavy atom. The van der Waals surface area contributed by atoms with Gasteiger partial charge >= 0.3 is 12.1 Å². The van der Waals surface area contributed by atoms with Gasteiger partial charge in [-0.05, 0) is 26.7 Å². The summed E-state index contributed by atoms with van der Waals surface area (Å²) in [7, 11) is 0. The number of carbonyl (C=O) groups excluding carboxylic acids is 2. The number of hydrogen-bond donors (Lipinski definition) is 3. The van der Waals surface area contributed by atoms with Crippen molar-refractivity contribution in [1.82, 2.24) is 16.0 Å². The molecular weight excluding hydrogens is 234 g/mol. The summed E-state index contributed by atoms with van der Waals surface area (Å²) in [6.07, 6.45) is -0.480. The van der Waals surface area contributed by atoms with Crippen molar-refractivity contribution in [3.05, 3.63) is 0 Å². The minimum Gasteiger partial charge on any atom is -0.444 e. The molecule has 18 heavy (non-hydrogen) atoms. The fraction of sp³-hybridized carbons (Fsp3) is 0.833. The van der Waals surface area contributed by atoms with Crippen molar-refractivity contribution in [2.45, 2.75) is 40.2 Å². The van der Waals surface area contributed by atoms with Crippen LogP contribution in [0.15, 0.2) is 0 Å². The highest BCUT2D eigenvalue weighted by atomic mass is 16.6. The first-order chi connectivity index (χ1) is 8.20. The summed E-state index contributed by atoms with van der Waals surface area (Å²) < 4.78 is 5.05. The quantitative estimate of drug-likeness (QED) is 0.654. The van der Waals surface area contributed by atoms with Gasteiger partial charge in [0.25, 0.3) is 0 Å². The van der Waals surface area contributed by atoms with Crippen molar-refractivity contribution in [3.63, 3.8) is 0 Å². The average Bonchev–Trinajstić information content (AvgIpc) is 2.19. The standard InChI is InChI=1S/C12H25N3O3/c1-9(2)8-15-10(16)13-6-7-14-11(17)18-12(3,4)5/h9H,6-8H2,1-5H3,(H,14,17)(H2,13,15,16). The van der Waals surface area contributed by atoms with Gasteiger partial charge in [-0.3, -0.25) is 0 Å². The smallest absolute Gasteiger partial charge is 0.407 e. The monoisotopic (exact) mass is 259 g/mol. The van der Waals surface area contributed by atoms with Crippen molar-refractivity contribution in [3.8, 4) is 0 Å². The Hall–Kier alpha value is -1.46. The van der Waals surface area contributed by atoms with E-state index < -0.39 is 11.7 Å². The molecule has 0 aromatic rings. The van der Waals surface area contributed by atoms with Crippen molar-refractivity contribution in [1.29, 1.82) is 0 Å². The molecule has 0 heterocycles. The van der Waals surface area contributed by atoms with Crippen LogP contribution in [-0.4, -0.2) is 37.4 Å². The lowest BCUT2D eigenvalue weighted by molar-refractivity contribution is 0.0528. The Kier molecular flexibility index (Phi) is 7.16. The van der Waals surface area contributed by atoms with E-state index in [1.165, 1.54) is 0 Å². The molecule has 0 aromatic heterocycles. The minimum atomic E-state index is -0.508. The Bertz CT molecular complexity index is 272. The number of alkyl carbamates (subject to hydrolysis) is 1. The third-order valence-electron chi connectivity index (χ3n) is 1.75. The van der Waals surface area contributed by atoms with Gasteiger partial charge in [0.1, 0.15) is 5.60 Å². The molecule has 0 aliphatic carbocycles. The molecule has 6 nitrogen and oxygen atoms in total. The third-order valence-corrected chi connectivity index (χ3v) is 1.75. The van der Waals surface area contributed by atoms with Gasteiger partial charge in [-0.25, -0.2) is 9.59 Å². The first-order valence-corrected chi connectivity index (χ1v) is 6.19. The Morgan fingerprint density at radius 2 is 1.61 bits per heavy atom. The molecule has 0 rings (SSSR count). The molecule has 3 amide bonds. The van der Waals surface area contributed by atoms with Gasteiger partial charge in [0.05, 0.1) is 0 Å². The fourth-order valence-corrected chi connectivity index (χ4v) is 1.01. The average molecular weight is 259 g/mol. The predicted molar refractivity (Wildman–Crippen MR) is 70.5 cm³/mol. The molecule has 0 atom stereocenters. The Balaban J connectivity index is 3.56. The molecule has 106 valence electrons. The van der Waals surface area contributed by atoms with Crippen LogP contribution in [0.25, 0.3) is 0 Å². The Labute approximate surface area is 109 Å². The van der Waals surface area contributed by atoms with E-state index >= 15 is 0 Å². The van der Waals surface area contributed by atoms with Crippen molar-refractivity contribution >= 4 is 12.1 Å². The molecule has 6 heteroatoms. The lowest BCUT2D eigenvalue weighted by Crippen LogP contribution is -2.42. The van der Waals surface area contributed by atoms with E-state index in [0.717, 1.165) is 0 Å². The maximum Gasteiger partial charge on any atom is 0.407 e. The second kappa shape index (κ2) is 7.79. The van der Waals surface area contributed by atoms with Gasteiger partial charge in [-0.15, -0.1) is 0 Å². The molecule has 0 saturated carbocycles. The number of amides is 3. The molecule has 0 aliphatic rings. The van der Waals surface area contributed by atoms with Crippen LogP contribution >= 0.6 is 0 Å². The minimum absolute atomic E-state index is 0.227. The molecule has 0 saturated heterocycles. The van der Waals surface area contributed by atoms with Crippen LogP contribution in [0.5, 0.6) is 0 Å². The van der Waals surface area contributed by atoms with E-state index in [0.29, 0.717) is 25.6 Å². The molecule has 0 spiro atoms. The van der Waals surface area contributed by atoms with Gasteiger partial charge in [0.2, 0.25) is 0 Å². The normalized spacial score (nSPS) is 11.0. The molecule has 0 unspecified atom stereocenters. The number of urea groups is 1. The van der Waals surface area contributed by atoms with Gasteiger partial charge in [0.15, 0.2) is 0 Å². The second-order valence-electron chi connectivity index (χ2n) is 5.46. The summed E-state index contributed by atoms with van der Waals surface area (Å²) in [5.74, 6) is 0.413. The van der Waals surface area contributed by atoms with Crippen LogP contribution in [-0.2, 0) is 4.74 Å². The highest BCUT2D eigenvalue weighted by Crippen LogP contribution is 2.05. The highest BCUT2D eigenvalue weighted by Gasteiger charge is 2.15. The third kappa shape index (κ3) is 11.0. The van der Waals surface area contributed by atoms with Crippen LogP contribution < -0.4 is 16.0 Å². The number of hydrogen-bond acceptors (Lipinski definition) is 3. The number of ether oxygens (including phenoxy) is 1. The van der Waals surface area contributed by atoms with E-state index in [-0.39, 0.29) is 6.03 Å². The maximum atomic E-state index is 11.3. The van der Waals surface area contributed by atoms with Crippen LogP contribution in [0.2, 0.25) is 0 Å². The van der Waals surface area contributed by atoms with Crippen LogP contribution in [0.1, 0.15) is 34.6 Å². The molecule has 3 N–H and O–H groups in total. The summed E-state index contributed by atoms with van der Waals surface area (Å²) >= 11 is 0. The molecule has 0 fully saturated rings. The zero-order valence-electron chi connectivity index (χ0n) is 11.9. The largest absolute Gasteiger partial charge is 0.444 e. The topological polar surface area (TPSA) is 79.5 Å². The van der Waals surface area contributed by atoms with Crippen molar-refractivity contribution < 1.29 is 14.3 Å². The molecule has 0 aliphatic heterocycles. The van der Waals surface area contributed by atoms with Gasteiger partial charge in [-0.2, -0.15) is 0 Å². The van der Waals surface area contributed by atoms with E-state index in [4.69, 9.17) is 4.74 Å².